The number of hydrogen-bond acceptors (Lipinski definition) is 2. The van der Waals surface area contributed by atoms with Gasteiger partial charge in [-0.1, -0.05) is 20.3 Å². The minimum atomic E-state index is 0.254. The van der Waals surface area contributed by atoms with Crippen LogP contribution >= 0.6 is 0 Å². The van der Waals surface area contributed by atoms with Crippen LogP contribution in [0.2, 0.25) is 0 Å². The highest BCUT2D eigenvalue weighted by Crippen LogP contribution is 2.17. The van der Waals surface area contributed by atoms with Crippen molar-refractivity contribution in [3.8, 4) is 0 Å². The van der Waals surface area contributed by atoms with Crippen molar-refractivity contribution in [3.63, 3.8) is 0 Å². The Hall–Kier alpha value is -0.570. The van der Waals surface area contributed by atoms with Crippen LogP contribution in [-0.2, 0) is 4.79 Å². The molecule has 2 atom stereocenters. The Morgan fingerprint density at radius 1 is 1.44 bits per heavy atom. The van der Waals surface area contributed by atoms with Gasteiger partial charge in [-0.25, -0.2) is 0 Å². The number of piperidine rings is 1. The molecule has 1 amide bonds. The van der Waals surface area contributed by atoms with E-state index in [-0.39, 0.29) is 5.92 Å². The maximum absolute atomic E-state index is 11.9. The lowest BCUT2D eigenvalue weighted by Gasteiger charge is -2.30. The third kappa shape index (κ3) is 5.38. The number of likely N-dealkylation sites (tertiary alicyclic amines) is 1. The molecular formula is C15H30N2O. The molecule has 1 aliphatic rings. The van der Waals surface area contributed by atoms with Crippen molar-refractivity contribution in [2.24, 2.45) is 5.92 Å². The van der Waals surface area contributed by atoms with Crippen molar-refractivity contribution >= 4 is 5.91 Å². The van der Waals surface area contributed by atoms with Crippen LogP contribution < -0.4 is 5.32 Å². The summed E-state index contributed by atoms with van der Waals surface area (Å²) in [5, 5.41) is 3.51. The number of nitrogens with zero attached hydrogens (tertiary/aromatic N) is 1. The van der Waals surface area contributed by atoms with Gasteiger partial charge in [-0.2, -0.15) is 0 Å². The van der Waals surface area contributed by atoms with Crippen molar-refractivity contribution in [2.75, 3.05) is 19.6 Å². The molecule has 0 spiro atoms. The summed E-state index contributed by atoms with van der Waals surface area (Å²) in [6, 6.07) is 0.612. The fraction of sp³-hybridized carbons (Fsp3) is 0.933. The third-order valence-corrected chi connectivity index (χ3v) is 3.86. The van der Waals surface area contributed by atoms with Gasteiger partial charge >= 0.3 is 0 Å². The van der Waals surface area contributed by atoms with Gasteiger partial charge in [0.2, 0.25) is 5.91 Å². The summed E-state index contributed by atoms with van der Waals surface area (Å²) in [6.07, 6.45) is 7.05. The fourth-order valence-corrected chi connectivity index (χ4v) is 2.60. The van der Waals surface area contributed by atoms with Crippen molar-refractivity contribution in [3.05, 3.63) is 0 Å². The molecular weight excluding hydrogens is 224 g/mol. The lowest BCUT2D eigenvalue weighted by molar-refractivity contribution is -0.137. The van der Waals surface area contributed by atoms with Crippen molar-refractivity contribution in [1.29, 1.82) is 0 Å². The van der Waals surface area contributed by atoms with Gasteiger partial charge in [-0.3, -0.25) is 4.79 Å². The minimum absolute atomic E-state index is 0.254. The average molecular weight is 254 g/mol. The minimum Gasteiger partial charge on any atom is -0.342 e. The topological polar surface area (TPSA) is 32.3 Å². The number of nitrogens with one attached hydrogen (secondary N) is 1. The van der Waals surface area contributed by atoms with E-state index in [4.69, 9.17) is 0 Å². The van der Waals surface area contributed by atoms with Crippen LogP contribution in [0.15, 0.2) is 0 Å². The average Bonchev–Trinajstić information content (AvgIpc) is 2.37. The molecule has 2 unspecified atom stereocenters. The quantitative estimate of drug-likeness (QED) is 0.676. The lowest BCUT2D eigenvalue weighted by Crippen LogP contribution is -2.40. The van der Waals surface area contributed by atoms with Crippen LogP contribution in [0, 0.1) is 5.92 Å². The summed E-state index contributed by atoms with van der Waals surface area (Å²) in [7, 11) is 0. The predicted octanol–water partition coefficient (Wildman–Crippen LogP) is 2.80. The summed E-state index contributed by atoms with van der Waals surface area (Å²) < 4.78 is 0. The second-order valence-corrected chi connectivity index (χ2v) is 5.72. The second-order valence-electron chi connectivity index (χ2n) is 5.72. The Kier molecular flexibility index (Phi) is 7.33. The molecule has 0 radical (unpaired) electrons. The molecule has 1 aliphatic heterocycles. The van der Waals surface area contributed by atoms with Crippen molar-refractivity contribution < 1.29 is 4.79 Å². The molecule has 3 nitrogen and oxygen atoms in total. The Morgan fingerprint density at radius 3 is 2.94 bits per heavy atom. The van der Waals surface area contributed by atoms with Crippen LogP contribution in [-0.4, -0.2) is 36.5 Å². The highest BCUT2D eigenvalue weighted by Gasteiger charge is 2.24. The van der Waals surface area contributed by atoms with E-state index < -0.39 is 0 Å². The SMILES string of the molecule is CCCNC(C)CCCCN1CCCC(C)C1=O. The van der Waals surface area contributed by atoms with Crippen LogP contribution in [0.4, 0.5) is 0 Å². The molecule has 0 bridgehead atoms. The summed E-state index contributed by atoms with van der Waals surface area (Å²) >= 11 is 0. The number of hydrogen-bond donors (Lipinski definition) is 1. The van der Waals surface area contributed by atoms with E-state index in [0.29, 0.717) is 11.9 Å². The molecule has 1 rings (SSSR count). The fourth-order valence-electron chi connectivity index (χ4n) is 2.60. The standard InChI is InChI=1S/C15H30N2O/c1-4-10-16-14(3)9-5-6-11-17-12-7-8-13(2)15(17)18/h13-14,16H,4-12H2,1-3H3. The second kappa shape index (κ2) is 8.52. The number of rotatable bonds is 8. The molecule has 1 N–H and O–H groups in total. The maximum atomic E-state index is 11.9. The molecule has 18 heavy (non-hydrogen) atoms. The van der Waals surface area contributed by atoms with Gasteiger partial charge in [-0.05, 0) is 45.6 Å². The molecule has 0 aromatic carbocycles. The number of amides is 1. The van der Waals surface area contributed by atoms with Gasteiger partial charge in [0.05, 0.1) is 0 Å². The van der Waals surface area contributed by atoms with Crippen molar-refractivity contribution in [1.82, 2.24) is 10.2 Å². The zero-order valence-corrected chi connectivity index (χ0v) is 12.4. The summed E-state index contributed by atoms with van der Waals surface area (Å²) in [6.45, 7) is 9.57. The highest BCUT2D eigenvalue weighted by molar-refractivity contribution is 5.79. The molecule has 1 saturated heterocycles. The third-order valence-electron chi connectivity index (χ3n) is 3.86. The van der Waals surface area contributed by atoms with E-state index in [0.717, 1.165) is 32.5 Å². The first-order chi connectivity index (χ1) is 8.65. The molecule has 1 heterocycles. The monoisotopic (exact) mass is 254 g/mol. The van der Waals surface area contributed by atoms with E-state index in [1.54, 1.807) is 0 Å². The largest absolute Gasteiger partial charge is 0.342 e. The van der Waals surface area contributed by atoms with Crippen molar-refractivity contribution in [2.45, 2.75) is 65.3 Å². The molecule has 0 aromatic rings. The van der Waals surface area contributed by atoms with E-state index in [1.807, 2.05) is 0 Å². The molecule has 0 aromatic heterocycles. The summed E-state index contributed by atoms with van der Waals surface area (Å²) in [5.74, 6) is 0.627. The predicted molar refractivity (Wildman–Crippen MR) is 76.6 cm³/mol. The summed E-state index contributed by atoms with van der Waals surface area (Å²) in [5.41, 5.74) is 0. The number of carbonyl (C=O) groups excluding carboxylic acids is 1. The van der Waals surface area contributed by atoms with Gasteiger partial charge < -0.3 is 10.2 Å². The lowest BCUT2D eigenvalue weighted by atomic mass is 9.99. The Bertz CT molecular complexity index is 243. The van der Waals surface area contributed by atoms with Crippen LogP contribution in [0.3, 0.4) is 0 Å². The molecule has 3 heteroatoms. The smallest absolute Gasteiger partial charge is 0.225 e. The first-order valence-corrected chi connectivity index (χ1v) is 7.67. The zero-order valence-electron chi connectivity index (χ0n) is 12.4. The first-order valence-electron chi connectivity index (χ1n) is 7.67. The molecule has 0 aliphatic carbocycles. The molecule has 106 valence electrons. The van der Waals surface area contributed by atoms with E-state index in [9.17, 15) is 4.79 Å². The Labute approximate surface area is 112 Å². The first kappa shape index (κ1) is 15.5. The van der Waals surface area contributed by atoms with E-state index in [1.165, 1.54) is 25.7 Å². The Balaban J connectivity index is 2.08. The number of unbranched alkanes of at least 4 members (excludes halogenated alkanes) is 1. The Morgan fingerprint density at radius 2 is 2.22 bits per heavy atom. The maximum Gasteiger partial charge on any atom is 0.225 e. The normalized spacial score (nSPS) is 22.3. The zero-order chi connectivity index (χ0) is 13.4. The van der Waals surface area contributed by atoms with Crippen LogP contribution in [0.1, 0.15) is 59.3 Å². The highest BCUT2D eigenvalue weighted by atomic mass is 16.2. The van der Waals surface area contributed by atoms with Gasteiger partial charge in [0.15, 0.2) is 0 Å². The van der Waals surface area contributed by atoms with Gasteiger partial charge in [0.1, 0.15) is 0 Å². The molecule has 1 fully saturated rings. The molecule has 0 saturated carbocycles. The van der Waals surface area contributed by atoms with Gasteiger partial charge in [-0.15, -0.1) is 0 Å². The van der Waals surface area contributed by atoms with Gasteiger partial charge in [0.25, 0.3) is 0 Å². The summed E-state index contributed by atoms with van der Waals surface area (Å²) in [4.78, 5) is 14.0. The number of carbonyl (C=O) groups is 1. The van der Waals surface area contributed by atoms with Crippen LogP contribution in [0.5, 0.6) is 0 Å². The van der Waals surface area contributed by atoms with E-state index >= 15 is 0 Å². The van der Waals surface area contributed by atoms with Gasteiger partial charge in [0, 0.05) is 25.0 Å². The van der Waals surface area contributed by atoms with Crippen LogP contribution in [0.25, 0.3) is 0 Å². The van der Waals surface area contributed by atoms with E-state index in [2.05, 4.69) is 31.0 Å².